The molecule has 0 unspecified atom stereocenters. The number of hydrogen-bond acceptors (Lipinski definition) is 5. The molecule has 0 amide bonds. The Labute approximate surface area is 118 Å². The SMILES string of the molecule is Cc1csc2c(=O)n(Cc3ccnc(C#N)c3)cnc12. The fourth-order valence-corrected chi connectivity index (χ4v) is 2.95. The molecule has 0 spiro atoms. The highest BCUT2D eigenvalue weighted by molar-refractivity contribution is 7.17. The molecule has 3 aromatic heterocycles. The van der Waals surface area contributed by atoms with Crippen LogP contribution in [0.4, 0.5) is 0 Å². The normalized spacial score (nSPS) is 10.6. The average molecular weight is 282 g/mol. The molecule has 3 heterocycles. The quantitative estimate of drug-likeness (QED) is 0.721. The summed E-state index contributed by atoms with van der Waals surface area (Å²) in [4.78, 5) is 20.6. The zero-order valence-electron chi connectivity index (χ0n) is 10.7. The Hall–Kier alpha value is -2.52. The predicted octanol–water partition coefficient (Wildman–Crippen LogP) is 2.08. The summed E-state index contributed by atoms with van der Waals surface area (Å²) in [5, 5.41) is 10.8. The van der Waals surface area contributed by atoms with Crippen molar-refractivity contribution in [1.82, 2.24) is 14.5 Å². The first kappa shape index (κ1) is 12.5. The van der Waals surface area contributed by atoms with Gasteiger partial charge < -0.3 is 0 Å². The van der Waals surface area contributed by atoms with Crippen LogP contribution in [0.25, 0.3) is 10.2 Å². The minimum absolute atomic E-state index is 0.0524. The third-order valence-corrected chi connectivity index (χ3v) is 4.09. The molecule has 3 rings (SSSR count). The Bertz CT molecular complexity index is 888. The summed E-state index contributed by atoms with van der Waals surface area (Å²) in [6.45, 7) is 2.33. The summed E-state index contributed by atoms with van der Waals surface area (Å²) in [6.07, 6.45) is 3.12. The van der Waals surface area contributed by atoms with E-state index in [1.165, 1.54) is 11.3 Å². The number of hydrogen-bond donors (Lipinski definition) is 0. The van der Waals surface area contributed by atoms with Crippen LogP contribution in [0.5, 0.6) is 0 Å². The van der Waals surface area contributed by atoms with Gasteiger partial charge in [-0.15, -0.1) is 11.3 Å². The van der Waals surface area contributed by atoms with E-state index in [-0.39, 0.29) is 5.56 Å². The van der Waals surface area contributed by atoms with Gasteiger partial charge in [-0.2, -0.15) is 5.26 Å². The van der Waals surface area contributed by atoms with Gasteiger partial charge in [0.2, 0.25) is 0 Å². The highest BCUT2D eigenvalue weighted by Crippen LogP contribution is 2.19. The number of nitrogens with zero attached hydrogens (tertiary/aromatic N) is 4. The van der Waals surface area contributed by atoms with Crippen LogP contribution in [0.3, 0.4) is 0 Å². The fraction of sp³-hybridized carbons (Fsp3) is 0.143. The smallest absolute Gasteiger partial charge is 0.271 e. The Morgan fingerprint density at radius 2 is 2.30 bits per heavy atom. The Morgan fingerprint density at radius 3 is 3.10 bits per heavy atom. The second-order valence-corrected chi connectivity index (χ2v) is 5.31. The van der Waals surface area contributed by atoms with Gasteiger partial charge in [0.15, 0.2) is 0 Å². The lowest BCUT2D eigenvalue weighted by Gasteiger charge is -2.05. The van der Waals surface area contributed by atoms with Gasteiger partial charge >= 0.3 is 0 Å². The second-order valence-electron chi connectivity index (χ2n) is 4.44. The second kappa shape index (κ2) is 4.87. The molecule has 0 aliphatic carbocycles. The van der Waals surface area contributed by atoms with E-state index in [1.54, 1.807) is 29.2 Å². The maximum absolute atomic E-state index is 12.4. The van der Waals surface area contributed by atoms with Gasteiger partial charge in [0, 0.05) is 6.20 Å². The number of thiophene rings is 1. The van der Waals surface area contributed by atoms with Crippen molar-refractivity contribution in [3.05, 3.63) is 57.2 Å². The van der Waals surface area contributed by atoms with Gasteiger partial charge in [-0.05, 0) is 35.6 Å². The van der Waals surface area contributed by atoms with Crippen LogP contribution in [0.2, 0.25) is 0 Å². The fourth-order valence-electron chi connectivity index (χ4n) is 2.00. The Balaban J connectivity index is 2.05. The Morgan fingerprint density at radius 1 is 1.45 bits per heavy atom. The molecule has 0 fully saturated rings. The number of aryl methyl sites for hydroxylation is 1. The van der Waals surface area contributed by atoms with Gasteiger partial charge in [-0.3, -0.25) is 9.36 Å². The predicted molar refractivity (Wildman–Crippen MR) is 76.7 cm³/mol. The molecule has 6 heteroatoms. The van der Waals surface area contributed by atoms with Crippen molar-refractivity contribution in [2.24, 2.45) is 0 Å². The minimum Gasteiger partial charge on any atom is -0.294 e. The molecule has 5 nitrogen and oxygen atoms in total. The van der Waals surface area contributed by atoms with Crippen LogP contribution < -0.4 is 5.56 Å². The van der Waals surface area contributed by atoms with Gasteiger partial charge in [-0.1, -0.05) is 0 Å². The topological polar surface area (TPSA) is 71.6 Å². The van der Waals surface area contributed by atoms with Gasteiger partial charge in [0.25, 0.3) is 5.56 Å². The monoisotopic (exact) mass is 282 g/mol. The maximum Gasteiger partial charge on any atom is 0.271 e. The van der Waals surface area contributed by atoms with E-state index in [0.29, 0.717) is 16.9 Å². The first-order chi connectivity index (χ1) is 9.69. The standard InChI is InChI=1S/C14H10N4OS/c1-9-7-20-13-12(9)17-8-18(14(13)19)6-10-2-3-16-11(4-10)5-15/h2-4,7-8H,6H2,1H3. The molecule has 0 aromatic carbocycles. The molecular weight excluding hydrogens is 272 g/mol. The van der Waals surface area contributed by atoms with Crippen molar-refractivity contribution in [2.75, 3.05) is 0 Å². The average Bonchev–Trinajstić information content (AvgIpc) is 2.84. The lowest BCUT2D eigenvalue weighted by atomic mass is 10.2. The molecule has 0 radical (unpaired) electrons. The van der Waals surface area contributed by atoms with E-state index < -0.39 is 0 Å². The van der Waals surface area contributed by atoms with E-state index in [0.717, 1.165) is 16.6 Å². The van der Waals surface area contributed by atoms with Crippen molar-refractivity contribution < 1.29 is 0 Å². The van der Waals surface area contributed by atoms with Gasteiger partial charge in [-0.25, -0.2) is 9.97 Å². The molecule has 0 saturated carbocycles. The summed E-state index contributed by atoms with van der Waals surface area (Å²) in [6, 6.07) is 5.45. The van der Waals surface area contributed by atoms with E-state index >= 15 is 0 Å². The van der Waals surface area contributed by atoms with Crippen LogP contribution in [0.1, 0.15) is 16.8 Å². The number of nitriles is 1. The van der Waals surface area contributed by atoms with Crippen molar-refractivity contribution >= 4 is 21.6 Å². The molecule has 3 aromatic rings. The van der Waals surface area contributed by atoms with Crippen LogP contribution in [-0.4, -0.2) is 14.5 Å². The molecule has 20 heavy (non-hydrogen) atoms. The number of fused-ring (bicyclic) bond motifs is 1. The Kier molecular flexibility index (Phi) is 3.05. The first-order valence-corrected chi connectivity index (χ1v) is 6.85. The summed E-state index contributed by atoms with van der Waals surface area (Å²) >= 11 is 1.41. The minimum atomic E-state index is -0.0524. The van der Waals surface area contributed by atoms with E-state index in [9.17, 15) is 4.79 Å². The first-order valence-electron chi connectivity index (χ1n) is 5.97. The van der Waals surface area contributed by atoms with Crippen molar-refractivity contribution in [2.45, 2.75) is 13.5 Å². The zero-order valence-corrected chi connectivity index (χ0v) is 11.5. The molecular formula is C14H10N4OS. The maximum atomic E-state index is 12.4. The number of rotatable bonds is 2. The van der Waals surface area contributed by atoms with Crippen molar-refractivity contribution in [3.63, 3.8) is 0 Å². The third kappa shape index (κ3) is 2.08. The lowest BCUT2D eigenvalue weighted by molar-refractivity contribution is 0.748. The molecule has 0 aliphatic heterocycles. The van der Waals surface area contributed by atoms with Crippen molar-refractivity contribution in [3.8, 4) is 6.07 Å². The van der Waals surface area contributed by atoms with Crippen LogP contribution >= 0.6 is 11.3 Å². The van der Waals surface area contributed by atoms with E-state index in [2.05, 4.69) is 9.97 Å². The molecule has 0 saturated heterocycles. The third-order valence-electron chi connectivity index (χ3n) is 3.02. The van der Waals surface area contributed by atoms with Crippen LogP contribution in [0.15, 0.2) is 34.8 Å². The highest BCUT2D eigenvalue weighted by atomic mass is 32.1. The summed E-state index contributed by atoms with van der Waals surface area (Å²) in [7, 11) is 0. The number of aromatic nitrogens is 3. The number of pyridine rings is 1. The van der Waals surface area contributed by atoms with Crippen LogP contribution in [0, 0.1) is 18.3 Å². The molecule has 0 aliphatic rings. The largest absolute Gasteiger partial charge is 0.294 e. The summed E-state index contributed by atoms with van der Waals surface area (Å²) < 4.78 is 2.22. The van der Waals surface area contributed by atoms with E-state index in [1.807, 2.05) is 18.4 Å². The molecule has 0 bridgehead atoms. The lowest BCUT2D eigenvalue weighted by Crippen LogP contribution is -2.20. The van der Waals surface area contributed by atoms with E-state index in [4.69, 9.17) is 5.26 Å². The van der Waals surface area contributed by atoms with Gasteiger partial charge in [0.05, 0.1) is 18.4 Å². The molecule has 0 atom stereocenters. The summed E-state index contributed by atoms with van der Waals surface area (Å²) in [5.74, 6) is 0. The summed E-state index contributed by atoms with van der Waals surface area (Å²) in [5.41, 5.74) is 2.93. The molecule has 0 N–H and O–H groups in total. The highest BCUT2D eigenvalue weighted by Gasteiger charge is 2.08. The van der Waals surface area contributed by atoms with Crippen molar-refractivity contribution in [1.29, 1.82) is 5.26 Å². The van der Waals surface area contributed by atoms with Gasteiger partial charge in [0.1, 0.15) is 16.5 Å². The molecule has 98 valence electrons. The van der Waals surface area contributed by atoms with Crippen LogP contribution in [-0.2, 0) is 6.54 Å². The zero-order chi connectivity index (χ0) is 14.1.